The van der Waals surface area contributed by atoms with Gasteiger partial charge in [-0.1, -0.05) is 20.3 Å². The van der Waals surface area contributed by atoms with Crippen molar-refractivity contribution in [1.82, 2.24) is 4.90 Å². The fourth-order valence-electron chi connectivity index (χ4n) is 1.65. The summed E-state index contributed by atoms with van der Waals surface area (Å²) in [5.41, 5.74) is 6.01. The van der Waals surface area contributed by atoms with E-state index in [1.54, 1.807) is 0 Å². The first-order chi connectivity index (χ1) is 7.11. The van der Waals surface area contributed by atoms with Crippen molar-refractivity contribution in [3.8, 4) is 0 Å². The van der Waals surface area contributed by atoms with Crippen LogP contribution >= 0.6 is 19.4 Å². The summed E-state index contributed by atoms with van der Waals surface area (Å²) in [6.45, 7) is 8.03. The summed E-state index contributed by atoms with van der Waals surface area (Å²) in [4.78, 5) is 2.51. The zero-order valence-electron chi connectivity index (χ0n) is 9.88. The third kappa shape index (κ3) is 8.88. The van der Waals surface area contributed by atoms with Gasteiger partial charge in [0.25, 0.3) is 0 Å². The molecular weight excluding hydrogens is 284 g/mol. The Morgan fingerprint density at radius 3 is 2.07 bits per heavy atom. The molecule has 2 nitrogen and oxygen atoms in total. The van der Waals surface area contributed by atoms with Crippen molar-refractivity contribution in [2.45, 2.75) is 39.2 Å². The molecule has 0 saturated carbocycles. The van der Waals surface area contributed by atoms with Gasteiger partial charge in [-0.25, -0.2) is 0 Å². The normalized spacial score (nSPS) is 19.1. The van der Waals surface area contributed by atoms with Crippen molar-refractivity contribution >= 4 is 19.4 Å². The summed E-state index contributed by atoms with van der Waals surface area (Å²) in [6, 6.07) is 0.364. The van der Waals surface area contributed by atoms with E-state index in [0.29, 0.717) is 12.0 Å². The van der Waals surface area contributed by atoms with Crippen LogP contribution in [-0.2, 0) is 15.1 Å². The second kappa shape index (κ2) is 10.3. The van der Waals surface area contributed by atoms with Gasteiger partial charge < -0.3 is 10.6 Å². The molecule has 0 aromatic rings. The second-order valence-corrected chi connectivity index (χ2v) is 8.99. The Kier molecular flexibility index (Phi) is 11.1. The molecule has 0 aliphatic carbocycles. The molecule has 2 N–H and O–H groups in total. The van der Waals surface area contributed by atoms with Gasteiger partial charge in [-0.2, -0.15) is 0 Å². The van der Waals surface area contributed by atoms with E-state index in [-0.39, 0.29) is 0 Å². The van der Waals surface area contributed by atoms with E-state index in [4.69, 9.17) is 25.1 Å². The molecular formula is C10H22Cl2N2Zn. The van der Waals surface area contributed by atoms with E-state index in [1.807, 2.05) is 0 Å². The van der Waals surface area contributed by atoms with Crippen molar-refractivity contribution < 1.29 is 15.1 Å². The van der Waals surface area contributed by atoms with Gasteiger partial charge in [0.05, 0.1) is 0 Å². The molecule has 1 atom stereocenters. The SMILES string of the molecule is CC(C)[C@H](N)CN1CCCCC1.[Cl][Zn][Cl]. The number of likely N-dealkylation sites (tertiary alicyclic amines) is 1. The molecule has 15 heavy (non-hydrogen) atoms. The standard InChI is InChI=1S/C10H22N2.2ClH.Zn/c1-9(2)10(11)8-12-6-4-3-5-7-12;;;/h9-10H,3-8,11H2,1-2H3;2*1H;/q;;;+2/p-2/t10-;;;/m1.../s1. The summed E-state index contributed by atoms with van der Waals surface area (Å²) in [7, 11) is 9.90. The van der Waals surface area contributed by atoms with E-state index in [1.165, 1.54) is 32.4 Å². The number of halogens is 2. The zero-order valence-corrected chi connectivity index (χ0v) is 14.4. The van der Waals surface area contributed by atoms with Crippen LogP contribution in [0.1, 0.15) is 33.1 Å². The zero-order chi connectivity index (χ0) is 11.7. The van der Waals surface area contributed by atoms with Crippen LogP contribution in [-0.4, -0.2) is 30.6 Å². The summed E-state index contributed by atoms with van der Waals surface area (Å²) in [5, 5.41) is 0. The van der Waals surface area contributed by atoms with Gasteiger partial charge in [0.1, 0.15) is 0 Å². The van der Waals surface area contributed by atoms with Crippen LogP contribution in [0.25, 0.3) is 0 Å². The van der Waals surface area contributed by atoms with Gasteiger partial charge in [-0.15, -0.1) is 0 Å². The van der Waals surface area contributed by atoms with Gasteiger partial charge >= 0.3 is 34.5 Å². The molecule has 1 rings (SSSR count). The molecule has 0 aromatic heterocycles. The van der Waals surface area contributed by atoms with Crippen LogP contribution in [0, 0.1) is 5.92 Å². The van der Waals surface area contributed by atoms with E-state index >= 15 is 0 Å². The fourth-order valence-corrected chi connectivity index (χ4v) is 1.65. The third-order valence-corrected chi connectivity index (χ3v) is 2.77. The summed E-state index contributed by atoms with van der Waals surface area (Å²) in [6.07, 6.45) is 4.14. The molecule has 0 amide bonds. The summed E-state index contributed by atoms with van der Waals surface area (Å²) < 4.78 is 0. The maximum atomic E-state index is 6.01. The fraction of sp³-hybridized carbons (Fsp3) is 1.00. The molecule has 1 fully saturated rings. The molecule has 0 bridgehead atoms. The van der Waals surface area contributed by atoms with E-state index < -0.39 is 15.1 Å². The average molecular weight is 307 g/mol. The van der Waals surface area contributed by atoms with Crippen molar-refractivity contribution in [3.63, 3.8) is 0 Å². The number of piperidine rings is 1. The molecule has 1 saturated heterocycles. The van der Waals surface area contributed by atoms with Crippen molar-refractivity contribution in [1.29, 1.82) is 0 Å². The third-order valence-electron chi connectivity index (χ3n) is 2.77. The first-order valence-corrected chi connectivity index (χ1v) is 13.5. The van der Waals surface area contributed by atoms with Gasteiger partial charge in [0.15, 0.2) is 0 Å². The van der Waals surface area contributed by atoms with Crippen LogP contribution in [0.15, 0.2) is 0 Å². The maximum absolute atomic E-state index is 6.01. The van der Waals surface area contributed by atoms with Gasteiger partial charge in [0.2, 0.25) is 0 Å². The van der Waals surface area contributed by atoms with Crippen molar-refractivity contribution in [3.05, 3.63) is 0 Å². The van der Waals surface area contributed by atoms with Crippen LogP contribution in [0.4, 0.5) is 0 Å². The molecule has 1 heterocycles. The molecule has 88 valence electrons. The Bertz CT molecular complexity index is 141. The van der Waals surface area contributed by atoms with Crippen LogP contribution in [0.3, 0.4) is 0 Å². The number of hydrogen-bond donors (Lipinski definition) is 1. The van der Waals surface area contributed by atoms with Gasteiger partial charge in [0, 0.05) is 12.6 Å². The number of nitrogens with zero attached hydrogens (tertiary/aromatic N) is 1. The molecule has 1 aliphatic rings. The quantitative estimate of drug-likeness (QED) is 0.813. The molecule has 0 aromatic carbocycles. The van der Waals surface area contributed by atoms with Crippen LogP contribution < -0.4 is 5.73 Å². The van der Waals surface area contributed by atoms with Gasteiger partial charge in [-0.3, -0.25) is 0 Å². The van der Waals surface area contributed by atoms with Crippen LogP contribution in [0.5, 0.6) is 0 Å². The Morgan fingerprint density at radius 2 is 1.67 bits per heavy atom. The minimum atomic E-state index is -0.931. The predicted molar refractivity (Wildman–Crippen MR) is 64.8 cm³/mol. The Labute approximate surface area is 110 Å². The monoisotopic (exact) mass is 304 g/mol. The first kappa shape index (κ1) is 16.1. The average Bonchev–Trinajstić information content (AvgIpc) is 2.20. The number of nitrogens with two attached hydrogens (primary N) is 1. The molecule has 5 heteroatoms. The van der Waals surface area contributed by atoms with E-state index in [0.717, 1.165) is 6.54 Å². The molecule has 1 aliphatic heterocycles. The van der Waals surface area contributed by atoms with Crippen LogP contribution in [0.2, 0.25) is 0 Å². The van der Waals surface area contributed by atoms with Crippen molar-refractivity contribution in [2.75, 3.05) is 19.6 Å². The predicted octanol–water partition coefficient (Wildman–Crippen LogP) is 2.83. The van der Waals surface area contributed by atoms with E-state index in [2.05, 4.69) is 18.7 Å². The van der Waals surface area contributed by atoms with E-state index in [9.17, 15) is 0 Å². The topological polar surface area (TPSA) is 29.3 Å². The number of rotatable bonds is 3. The Morgan fingerprint density at radius 1 is 1.20 bits per heavy atom. The van der Waals surface area contributed by atoms with Gasteiger partial charge in [-0.05, 0) is 31.8 Å². The first-order valence-electron chi connectivity index (χ1n) is 5.71. The summed E-state index contributed by atoms with van der Waals surface area (Å²) >= 11 is -0.931. The van der Waals surface area contributed by atoms with Crippen molar-refractivity contribution in [2.24, 2.45) is 11.7 Å². The Balaban J connectivity index is 0.000000583. The summed E-state index contributed by atoms with van der Waals surface area (Å²) in [5.74, 6) is 0.618. The molecule has 0 unspecified atom stereocenters. The minimum absolute atomic E-state index is 0.364. The molecule has 0 radical (unpaired) electrons. The molecule has 0 spiro atoms. The Hall–Kier alpha value is 1.12. The number of hydrogen-bond acceptors (Lipinski definition) is 2. The second-order valence-electron chi connectivity index (χ2n) is 4.37.